The van der Waals surface area contributed by atoms with Crippen molar-refractivity contribution < 1.29 is 19.4 Å². The summed E-state index contributed by atoms with van der Waals surface area (Å²) in [7, 11) is 0. The number of carbonyl (C=O) groups excluding carboxylic acids is 1. The van der Waals surface area contributed by atoms with Gasteiger partial charge >= 0.3 is 17.6 Å². The summed E-state index contributed by atoms with van der Waals surface area (Å²) < 4.78 is 7.53. The van der Waals surface area contributed by atoms with Gasteiger partial charge in [-0.2, -0.15) is 0 Å². The van der Waals surface area contributed by atoms with Crippen LogP contribution in [-0.2, 0) is 22.6 Å². The first-order valence-corrected chi connectivity index (χ1v) is 11.5. The highest BCUT2D eigenvalue weighted by molar-refractivity contribution is 6.03. The van der Waals surface area contributed by atoms with Crippen LogP contribution in [0.5, 0.6) is 0 Å². The van der Waals surface area contributed by atoms with Crippen LogP contribution in [0.1, 0.15) is 27.4 Å². The molecule has 0 saturated carbocycles. The number of hydrogen-bond donors (Lipinski definition) is 2. The molecule has 4 aromatic rings. The van der Waals surface area contributed by atoms with Gasteiger partial charge in [-0.25, -0.2) is 9.59 Å². The fourth-order valence-corrected chi connectivity index (χ4v) is 4.92. The molecular formula is C27H23N3O6. The Hall–Kier alpha value is -4.50. The quantitative estimate of drug-likeness (QED) is 0.383. The molecule has 1 aromatic heterocycles. The Morgan fingerprint density at radius 1 is 0.889 bits per heavy atom. The summed E-state index contributed by atoms with van der Waals surface area (Å²) in [6.07, 6.45) is 0. The molecule has 1 aliphatic carbocycles. The summed E-state index contributed by atoms with van der Waals surface area (Å²) in [6.45, 7) is -0.754. The molecule has 0 unspecified atom stereocenters. The predicted molar refractivity (Wildman–Crippen MR) is 133 cm³/mol. The van der Waals surface area contributed by atoms with E-state index in [-0.39, 0.29) is 42.1 Å². The molecule has 1 aliphatic rings. The number of fused-ring (bicyclic) bond motifs is 4. The molecule has 0 bridgehead atoms. The Morgan fingerprint density at radius 3 is 2.14 bits per heavy atom. The summed E-state index contributed by atoms with van der Waals surface area (Å²) >= 11 is 0. The van der Waals surface area contributed by atoms with Crippen LogP contribution in [-0.4, -0.2) is 39.3 Å². The van der Waals surface area contributed by atoms with Gasteiger partial charge in [-0.05, 0) is 34.4 Å². The molecule has 36 heavy (non-hydrogen) atoms. The van der Waals surface area contributed by atoms with Gasteiger partial charge in [-0.1, -0.05) is 54.6 Å². The van der Waals surface area contributed by atoms with E-state index < -0.39 is 29.7 Å². The average Bonchev–Trinajstić information content (AvgIpc) is 3.20. The van der Waals surface area contributed by atoms with E-state index in [1.165, 1.54) is 18.2 Å². The Labute approximate surface area is 205 Å². The number of nitrogens with two attached hydrogens (primary N) is 1. The van der Waals surface area contributed by atoms with Crippen molar-refractivity contribution in [2.45, 2.75) is 19.0 Å². The molecule has 0 aliphatic heterocycles. The van der Waals surface area contributed by atoms with Crippen molar-refractivity contribution in [3.63, 3.8) is 0 Å². The number of carboxylic acid groups (broad SMARTS) is 1. The van der Waals surface area contributed by atoms with Crippen LogP contribution in [0.4, 0.5) is 0 Å². The Morgan fingerprint density at radius 2 is 1.53 bits per heavy atom. The lowest BCUT2D eigenvalue weighted by atomic mass is 9.98. The van der Waals surface area contributed by atoms with Gasteiger partial charge in [0.15, 0.2) is 0 Å². The van der Waals surface area contributed by atoms with Crippen molar-refractivity contribution >= 4 is 22.8 Å². The second-order valence-electron chi connectivity index (χ2n) is 8.53. The van der Waals surface area contributed by atoms with Crippen LogP contribution in [0.15, 0.2) is 76.3 Å². The molecule has 3 aromatic carbocycles. The fourth-order valence-electron chi connectivity index (χ4n) is 4.92. The Bertz CT molecular complexity index is 1590. The van der Waals surface area contributed by atoms with Crippen molar-refractivity contribution in [1.82, 2.24) is 9.13 Å². The predicted octanol–water partition coefficient (Wildman–Crippen LogP) is 2.18. The smallest absolute Gasteiger partial charge is 0.339 e. The van der Waals surface area contributed by atoms with E-state index in [4.69, 9.17) is 10.5 Å². The number of benzene rings is 3. The van der Waals surface area contributed by atoms with Crippen molar-refractivity contribution in [3.05, 3.63) is 104 Å². The largest absolute Gasteiger partial charge is 0.480 e. The number of nitrogens with zero attached hydrogens (tertiary/aromatic N) is 2. The monoisotopic (exact) mass is 485 g/mol. The first-order valence-electron chi connectivity index (χ1n) is 11.5. The average molecular weight is 485 g/mol. The number of carbonyl (C=O) groups is 2. The molecule has 182 valence electrons. The molecule has 3 N–H and O–H groups in total. The van der Waals surface area contributed by atoms with Gasteiger partial charge in [0.2, 0.25) is 0 Å². The highest BCUT2D eigenvalue weighted by Gasteiger charge is 2.30. The van der Waals surface area contributed by atoms with Crippen molar-refractivity contribution in [2.24, 2.45) is 5.73 Å². The number of carboxylic acids is 1. The molecule has 0 amide bonds. The second-order valence-corrected chi connectivity index (χ2v) is 8.53. The molecule has 9 heteroatoms. The van der Waals surface area contributed by atoms with Gasteiger partial charge < -0.3 is 15.6 Å². The maximum atomic E-state index is 13.3. The van der Waals surface area contributed by atoms with Gasteiger partial charge in [-0.15, -0.1) is 0 Å². The van der Waals surface area contributed by atoms with Gasteiger partial charge in [0.25, 0.3) is 5.56 Å². The number of esters is 1. The zero-order valence-corrected chi connectivity index (χ0v) is 19.2. The van der Waals surface area contributed by atoms with Gasteiger partial charge in [0.05, 0.1) is 16.5 Å². The minimum Gasteiger partial charge on any atom is -0.480 e. The minimum absolute atomic E-state index is 0.0131. The molecule has 0 spiro atoms. The molecule has 5 rings (SSSR count). The molecule has 0 saturated heterocycles. The summed E-state index contributed by atoms with van der Waals surface area (Å²) in [5.74, 6) is -2.17. The lowest BCUT2D eigenvalue weighted by molar-refractivity contribution is -0.137. The molecule has 9 nitrogen and oxygen atoms in total. The van der Waals surface area contributed by atoms with E-state index in [1.807, 2.05) is 48.5 Å². The summed E-state index contributed by atoms with van der Waals surface area (Å²) in [6, 6.07) is 20.2. The van der Waals surface area contributed by atoms with Crippen LogP contribution in [0, 0.1) is 0 Å². The zero-order valence-electron chi connectivity index (χ0n) is 19.2. The van der Waals surface area contributed by atoms with E-state index in [0.29, 0.717) is 0 Å². The standard InChI is InChI=1S/C27H23N3O6/c28-12-13-29-25(33)24-20(10-5-11-22(24)30(27(29)35)14-23(31)32)26(34)36-15-21-18-8-3-1-6-16(18)17-7-2-4-9-19(17)21/h1-11,21H,12-15,28H2,(H,31,32). The first kappa shape index (κ1) is 23.3. The number of hydrogen-bond acceptors (Lipinski definition) is 6. The maximum absolute atomic E-state index is 13.3. The van der Waals surface area contributed by atoms with E-state index in [1.54, 1.807) is 0 Å². The zero-order chi connectivity index (χ0) is 25.4. The number of rotatable bonds is 7. The number of aliphatic carboxylic acids is 1. The molecular weight excluding hydrogens is 462 g/mol. The molecule has 0 atom stereocenters. The lowest BCUT2D eigenvalue weighted by Gasteiger charge is -2.16. The lowest BCUT2D eigenvalue weighted by Crippen LogP contribution is -2.43. The third kappa shape index (κ3) is 3.79. The van der Waals surface area contributed by atoms with Crippen LogP contribution in [0.2, 0.25) is 0 Å². The molecule has 0 radical (unpaired) electrons. The summed E-state index contributed by atoms with van der Waals surface area (Å²) in [5, 5.41) is 9.24. The molecule has 0 fully saturated rings. The third-order valence-electron chi connectivity index (χ3n) is 6.46. The van der Waals surface area contributed by atoms with E-state index in [9.17, 15) is 24.3 Å². The Kier molecular flexibility index (Phi) is 5.99. The normalized spacial score (nSPS) is 12.4. The van der Waals surface area contributed by atoms with Crippen molar-refractivity contribution in [3.8, 4) is 11.1 Å². The summed E-state index contributed by atoms with van der Waals surface area (Å²) in [4.78, 5) is 50.8. The van der Waals surface area contributed by atoms with Crippen molar-refractivity contribution in [1.29, 1.82) is 0 Å². The second kappa shape index (κ2) is 9.27. The van der Waals surface area contributed by atoms with Gasteiger partial charge in [-0.3, -0.25) is 18.7 Å². The van der Waals surface area contributed by atoms with Crippen LogP contribution < -0.4 is 17.0 Å². The van der Waals surface area contributed by atoms with E-state index >= 15 is 0 Å². The van der Waals surface area contributed by atoms with Gasteiger partial charge in [0, 0.05) is 19.0 Å². The van der Waals surface area contributed by atoms with Crippen LogP contribution in [0.25, 0.3) is 22.0 Å². The van der Waals surface area contributed by atoms with Gasteiger partial charge in [0.1, 0.15) is 13.2 Å². The minimum atomic E-state index is -1.26. The SMILES string of the molecule is NCCn1c(=O)c2c(C(=O)OCC3c4ccccc4-c4ccccc43)cccc2n(CC(=O)O)c1=O. The highest BCUT2D eigenvalue weighted by atomic mass is 16.5. The maximum Gasteiger partial charge on any atom is 0.339 e. The topological polar surface area (TPSA) is 134 Å². The molecule has 1 heterocycles. The third-order valence-corrected chi connectivity index (χ3v) is 6.46. The van der Waals surface area contributed by atoms with Crippen LogP contribution >= 0.6 is 0 Å². The summed E-state index contributed by atoms with van der Waals surface area (Å²) in [5.41, 5.74) is 8.32. The number of ether oxygens (including phenoxy) is 1. The van der Waals surface area contributed by atoms with Crippen molar-refractivity contribution in [2.75, 3.05) is 13.2 Å². The van der Waals surface area contributed by atoms with Crippen LogP contribution in [0.3, 0.4) is 0 Å². The fraction of sp³-hybridized carbons (Fsp3) is 0.185. The van der Waals surface area contributed by atoms with E-state index in [0.717, 1.165) is 31.4 Å². The number of aromatic nitrogens is 2. The van der Waals surface area contributed by atoms with E-state index in [2.05, 4.69) is 0 Å². The Balaban J connectivity index is 1.55. The highest BCUT2D eigenvalue weighted by Crippen LogP contribution is 2.44. The first-order chi connectivity index (χ1) is 17.4.